The van der Waals surface area contributed by atoms with E-state index in [1.165, 1.54) is 18.6 Å². The fourth-order valence-corrected chi connectivity index (χ4v) is 4.57. The van der Waals surface area contributed by atoms with Crippen molar-refractivity contribution in [1.82, 2.24) is 9.97 Å². The molecule has 0 spiro atoms. The standard InChI is InChI=1S/C22H23F2N5O3S/c1-3-4-7-33(31,32)29-18-6-5-17(23)19(20(18)24)21(30)16-12-28-22-15(16)8-13(11-27-22)14(9-25)10-26-2/h5-6,8-12,14,25,29H,3-4,7H2,1-2H3,(H,27,28). The summed E-state index contributed by atoms with van der Waals surface area (Å²) in [5.41, 5.74) is -0.541. The van der Waals surface area contributed by atoms with Gasteiger partial charge in [0.2, 0.25) is 15.8 Å². The Labute approximate surface area is 189 Å². The lowest BCUT2D eigenvalue weighted by atomic mass is 9.98. The molecule has 0 radical (unpaired) electrons. The van der Waals surface area contributed by atoms with Gasteiger partial charge >= 0.3 is 0 Å². The zero-order chi connectivity index (χ0) is 24.2. The van der Waals surface area contributed by atoms with Crippen LogP contribution >= 0.6 is 0 Å². The van der Waals surface area contributed by atoms with E-state index < -0.39 is 44.6 Å². The SMILES string of the molecule is CCCCS(=O)(=O)Nc1ccc(F)c(C(=O)c2c[nH]c3ncc(C(C=N)C=NC)cc23)c1F. The number of sulfonamides is 1. The number of rotatable bonds is 10. The van der Waals surface area contributed by atoms with Crippen LogP contribution in [-0.4, -0.2) is 49.4 Å². The molecule has 2 aromatic heterocycles. The van der Waals surface area contributed by atoms with Crippen molar-refractivity contribution in [2.75, 3.05) is 17.5 Å². The number of hydrogen-bond acceptors (Lipinski definition) is 6. The van der Waals surface area contributed by atoms with E-state index in [4.69, 9.17) is 5.41 Å². The van der Waals surface area contributed by atoms with Crippen molar-refractivity contribution in [2.45, 2.75) is 25.7 Å². The molecule has 3 rings (SSSR count). The molecular formula is C22H23F2N5O3S. The highest BCUT2D eigenvalue weighted by Crippen LogP contribution is 2.28. The lowest BCUT2D eigenvalue weighted by Gasteiger charge is -2.12. The second-order valence-electron chi connectivity index (χ2n) is 7.35. The molecular weight excluding hydrogens is 452 g/mol. The average molecular weight is 476 g/mol. The molecule has 1 aromatic carbocycles. The van der Waals surface area contributed by atoms with E-state index in [1.807, 2.05) is 6.92 Å². The number of aromatic nitrogens is 2. The third kappa shape index (κ3) is 5.14. The summed E-state index contributed by atoms with van der Waals surface area (Å²) in [6.45, 7) is 1.81. The van der Waals surface area contributed by atoms with Crippen LogP contribution in [0.5, 0.6) is 0 Å². The smallest absolute Gasteiger partial charge is 0.232 e. The van der Waals surface area contributed by atoms with Gasteiger partial charge < -0.3 is 10.4 Å². The number of unbranched alkanes of at least 4 members (excludes halogenated alkanes) is 1. The van der Waals surface area contributed by atoms with Crippen LogP contribution in [0.15, 0.2) is 35.6 Å². The maximum Gasteiger partial charge on any atom is 0.232 e. The third-order valence-corrected chi connectivity index (χ3v) is 6.38. The monoisotopic (exact) mass is 475 g/mol. The predicted molar refractivity (Wildman–Crippen MR) is 124 cm³/mol. The van der Waals surface area contributed by atoms with E-state index in [9.17, 15) is 17.6 Å². The summed E-state index contributed by atoms with van der Waals surface area (Å²) in [6.07, 6.45) is 6.46. The Morgan fingerprint density at radius 2 is 2.12 bits per heavy atom. The molecule has 1 atom stereocenters. The largest absolute Gasteiger partial charge is 0.345 e. The molecule has 3 N–H and O–H groups in total. The first kappa shape index (κ1) is 24.2. The first-order chi connectivity index (χ1) is 15.7. The van der Waals surface area contributed by atoms with Gasteiger partial charge in [-0.1, -0.05) is 13.3 Å². The molecule has 0 aliphatic heterocycles. The van der Waals surface area contributed by atoms with Gasteiger partial charge in [-0.25, -0.2) is 22.2 Å². The lowest BCUT2D eigenvalue weighted by molar-refractivity contribution is 0.103. The molecule has 174 valence electrons. The Morgan fingerprint density at radius 1 is 1.36 bits per heavy atom. The maximum atomic E-state index is 15.1. The highest BCUT2D eigenvalue weighted by Gasteiger charge is 2.26. The summed E-state index contributed by atoms with van der Waals surface area (Å²) in [5.74, 6) is -4.10. The number of H-pyrrole nitrogens is 1. The van der Waals surface area contributed by atoms with Crippen LogP contribution in [0.25, 0.3) is 11.0 Å². The molecule has 0 aliphatic carbocycles. The normalized spacial score (nSPS) is 12.8. The van der Waals surface area contributed by atoms with E-state index in [0.29, 0.717) is 29.4 Å². The number of aromatic amines is 1. The van der Waals surface area contributed by atoms with Crippen molar-refractivity contribution in [1.29, 1.82) is 5.41 Å². The van der Waals surface area contributed by atoms with E-state index in [0.717, 1.165) is 18.3 Å². The molecule has 0 saturated heterocycles. The molecule has 0 saturated carbocycles. The van der Waals surface area contributed by atoms with Crippen LogP contribution in [0.2, 0.25) is 0 Å². The quantitative estimate of drug-likeness (QED) is 0.302. The number of carbonyl (C=O) groups excluding carboxylic acids is 1. The number of fused-ring (bicyclic) bond motifs is 1. The molecule has 11 heteroatoms. The molecule has 2 heterocycles. The van der Waals surface area contributed by atoms with Crippen molar-refractivity contribution in [2.24, 2.45) is 4.99 Å². The third-order valence-electron chi connectivity index (χ3n) is 5.02. The van der Waals surface area contributed by atoms with Crippen LogP contribution < -0.4 is 4.72 Å². The summed E-state index contributed by atoms with van der Waals surface area (Å²) in [7, 11) is -2.30. The Balaban J connectivity index is 2.05. The Morgan fingerprint density at radius 3 is 2.79 bits per heavy atom. The van der Waals surface area contributed by atoms with Gasteiger partial charge in [-0.05, 0) is 30.2 Å². The summed E-state index contributed by atoms with van der Waals surface area (Å²) in [4.78, 5) is 24.1. The number of anilines is 1. The molecule has 3 aromatic rings. The van der Waals surface area contributed by atoms with Crippen molar-refractivity contribution in [3.8, 4) is 0 Å². The fourth-order valence-electron chi connectivity index (χ4n) is 3.30. The molecule has 1 unspecified atom stereocenters. The number of halogens is 2. The van der Waals surface area contributed by atoms with Crippen molar-refractivity contribution >= 4 is 45.0 Å². The van der Waals surface area contributed by atoms with Crippen LogP contribution in [0.3, 0.4) is 0 Å². The topological polar surface area (TPSA) is 128 Å². The van der Waals surface area contributed by atoms with E-state index >= 15 is 4.39 Å². The number of pyridine rings is 1. The Kier molecular flexibility index (Phi) is 7.32. The lowest BCUT2D eigenvalue weighted by Crippen LogP contribution is -2.19. The first-order valence-corrected chi connectivity index (χ1v) is 11.8. The van der Waals surface area contributed by atoms with Gasteiger partial charge in [-0.3, -0.25) is 14.5 Å². The van der Waals surface area contributed by atoms with Crippen molar-refractivity contribution in [3.05, 3.63) is 58.9 Å². The minimum Gasteiger partial charge on any atom is -0.345 e. The summed E-state index contributed by atoms with van der Waals surface area (Å²) in [6, 6.07) is 3.38. The van der Waals surface area contributed by atoms with E-state index in [2.05, 4.69) is 19.7 Å². The van der Waals surface area contributed by atoms with Crippen LogP contribution in [-0.2, 0) is 10.0 Å². The van der Waals surface area contributed by atoms with Gasteiger partial charge in [-0.15, -0.1) is 0 Å². The van der Waals surface area contributed by atoms with Crippen LogP contribution in [0, 0.1) is 17.0 Å². The van der Waals surface area contributed by atoms with Gasteiger partial charge in [0.05, 0.1) is 22.9 Å². The zero-order valence-electron chi connectivity index (χ0n) is 18.0. The van der Waals surface area contributed by atoms with E-state index in [-0.39, 0.29) is 11.3 Å². The second-order valence-corrected chi connectivity index (χ2v) is 9.20. The van der Waals surface area contributed by atoms with Crippen molar-refractivity contribution in [3.63, 3.8) is 0 Å². The van der Waals surface area contributed by atoms with Gasteiger partial charge in [-0.2, -0.15) is 0 Å². The van der Waals surface area contributed by atoms with Gasteiger partial charge in [0.25, 0.3) is 0 Å². The number of nitrogens with one attached hydrogen (secondary N) is 3. The predicted octanol–water partition coefficient (Wildman–Crippen LogP) is 4.05. The average Bonchev–Trinajstić information content (AvgIpc) is 3.21. The number of nitrogens with zero attached hydrogens (tertiary/aromatic N) is 2. The second kappa shape index (κ2) is 9.99. The summed E-state index contributed by atoms with van der Waals surface area (Å²) in [5, 5.41) is 7.87. The molecule has 0 amide bonds. The van der Waals surface area contributed by atoms with Gasteiger partial charge in [0, 0.05) is 42.8 Å². The van der Waals surface area contributed by atoms with E-state index in [1.54, 1.807) is 13.1 Å². The number of hydrogen-bond donors (Lipinski definition) is 3. The minimum absolute atomic E-state index is 0.0414. The van der Waals surface area contributed by atoms with Crippen molar-refractivity contribution < 1.29 is 22.0 Å². The molecule has 0 aliphatic rings. The minimum atomic E-state index is -3.86. The fraction of sp³-hybridized carbons (Fsp3) is 0.273. The summed E-state index contributed by atoms with van der Waals surface area (Å²) < 4.78 is 56.1. The maximum absolute atomic E-state index is 15.1. The number of aliphatic imine (C=N–C) groups is 1. The zero-order valence-corrected chi connectivity index (χ0v) is 18.8. The Bertz CT molecular complexity index is 1340. The first-order valence-electron chi connectivity index (χ1n) is 10.2. The number of ketones is 1. The van der Waals surface area contributed by atoms with Gasteiger partial charge in [0.15, 0.2) is 5.82 Å². The van der Waals surface area contributed by atoms with Crippen LogP contribution in [0.1, 0.15) is 47.2 Å². The van der Waals surface area contributed by atoms with Crippen LogP contribution in [0.4, 0.5) is 14.5 Å². The summed E-state index contributed by atoms with van der Waals surface area (Å²) >= 11 is 0. The molecule has 0 fully saturated rings. The molecule has 33 heavy (non-hydrogen) atoms. The molecule has 0 bridgehead atoms. The number of benzene rings is 1. The highest BCUT2D eigenvalue weighted by atomic mass is 32.2. The Hall–Kier alpha value is -3.47. The highest BCUT2D eigenvalue weighted by molar-refractivity contribution is 7.92. The molecule has 8 nitrogen and oxygen atoms in total. The van der Waals surface area contributed by atoms with Gasteiger partial charge in [0.1, 0.15) is 11.5 Å². The number of carbonyl (C=O) groups is 1.